The maximum absolute atomic E-state index is 12.3. The molecule has 0 radical (unpaired) electrons. The van der Waals surface area contributed by atoms with E-state index in [0.29, 0.717) is 6.54 Å². The van der Waals surface area contributed by atoms with E-state index in [9.17, 15) is 4.39 Å². The van der Waals surface area contributed by atoms with Crippen molar-refractivity contribution in [1.29, 1.82) is 0 Å². The van der Waals surface area contributed by atoms with Gasteiger partial charge in [-0.25, -0.2) is 4.39 Å². The number of hydrogen-bond acceptors (Lipinski definition) is 1. The first kappa shape index (κ1) is 6.89. The molecule has 0 aromatic heterocycles. The van der Waals surface area contributed by atoms with Crippen molar-refractivity contribution >= 4 is 0 Å². The molecule has 7 heavy (non-hydrogen) atoms. The van der Waals surface area contributed by atoms with Crippen LogP contribution in [0.3, 0.4) is 0 Å². The zero-order valence-electron chi connectivity index (χ0n) is 5.09. The molecule has 0 atom stereocenters. The standard InChI is InChI=1S/C5H12FN/c1-4-7-5(2,3)6/h7H,4H2,1-3H3. The predicted octanol–water partition coefficient (Wildman–Crippen LogP) is 1.30. The highest BCUT2D eigenvalue weighted by atomic mass is 19.1. The van der Waals surface area contributed by atoms with Gasteiger partial charge < -0.3 is 0 Å². The summed E-state index contributed by atoms with van der Waals surface area (Å²) in [5.41, 5.74) is 0. The van der Waals surface area contributed by atoms with Gasteiger partial charge in [0.1, 0.15) is 0 Å². The highest BCUT2D eigenvalue weighted by Gasteiger charge is 2.10. The van der Waals surface area contributed by atoms with Crippen LogP contribution in [0.25, 0.3) is 0 Å². The Balaban J connectivity index is 3.15. The Morgan fingerprint density at radius 1 is 1.57 bits per heavy atom. The van der Waals surface area contributed by atoms with Crippen LogP contribution in [0, 0.1) is 0 Å². The van der Waals surface area contributed by atoms with Gasteiger partial charge in [0, 0.05) is 0 Å². The first-order chi connectivity index (χ1) is 3.06. The quantitative estimate of drug-likeness (QED) is 0.522. The summed E-state index contributed by atoms with van der Waals surface area (Å²) in [6.07, 6.45) is 0. The minimum absolute atomic E-state index is 0.684. The molecule has 0 fully saturated rings. The molecule has 0 aromatic rings. The van der Waals surface area contributed by atoms with Gasteiger partial charge in [-0.1, -0.05) is 6.92 Å². The molecule has 1 N–H and O–H groups in total. The van der Waals surface area contributed by atoms with Crippen LogP contribution in [-0.2, 0) is 0 Å². The van der Waals surface area contributed by atoms with E-state index < -0.39 is 5.79 Å². The molecule has 0 heterocycles. The molecule has 2 heteroatoms. The summed E-state index contributed by atoms with van der Waals surface area (Å²) in [7, 11) is 0. The van der Waals surface area contributed by atoms with E-state index in [1.165, 1.54) is 13.8 Å². The normalized spacial score (nSPS) is 12.0. The average Bonchev–Trinajstić information content (AvgIpc) is 1.30. The number of halogens is 1. The lowest BCUT2D eigenvalue weighted by molar-refractivity contribution is 0.167. The Bertz CT molecular complexity index is 46.5. The molecule has 0 aliphatic carbocycles. The Labute approximate surface area is 43.9 Å². The van der Waals surface area contributed by atoms with Crippen LogP contribution in [0.15, 0.2) is 0 Å². The fourth-order valence-electron chi connectivity index (χ4n) is 0.420. The second kappa shape index (κ2) is 2.26. The summed E-state index contributed by atoms with van der Waals surface area (Å²) in [5.74, 6) is -1.20. The SMILES string of the molecule is CCNC(C)(C)F. The molecule has 0 aromatic carbocycles. The van der Waals surface area contributed by atoms with Crippen molar-refractivity contribution in [2.24, 2.45) is 0 Å². The molecule has 0 spiro atoms. The lowest BCUT2D eigenvalue weighted by atomic mass is 10.3. The van der Waals surface area contributed by atoms with Crippen molar-refractivity contribution < 1.29 is 4.39 Å². The summed E-state index contributed by atoms with van der Waals surface area (Å²) in [6.45, 7) is 5.55. The minimum Gasteiger partial charge on any atom is -0.286 e. The summed E-state index contributed by atoms with van der Waals surface area (Å²) < 4.78 is 12.3. The highest BCUT2D eigenvalue weighted by molar-refractivity contribution is 4.58. The van der Waals surface area contributed by atoms with Crippen LogP contribution < -0.4 is 5.32 Å². The van der Waals surface area contributed by atoms with Crippen molar-refractivity contribution in [3.8, 4) is 0 Å². The topological polar surface area (TPSA) is 12.0 Å². The summed E-state index contributed by atoms with van der Waals surface area (Å²) in [6, 6.07) is 0. The zero-order valence-corrected chi connectivity index (χ0v) is 5.09. The van der Waals surface area contributed by atoms with Gasteiger partial charge in [-0.05, 0) is 20.4 Å². The van der Waals surface area contributed by atoms with E-state index in [1.807, 2.05) is 6.92 Å². The van der Waals surface area contributed by atoms with Gasteiger partial charge in [0.25, 0.3) is 0 Å². The molecule has 0 saturated heterocycles. The lowest BCUT2D eigenvalue weighted by Gasteiger charge is -2.13. The first-order valence-corrected chi connectivity index (χ1v) is 2.50. The van der Waals surface area contributed by atoms with E-state index in [0.717, 1.165) is 0 Å². The molecule has 0 amide bonds. The molecular weight excluding hydrogens is 93.1 g/mol. The van der Waals surface area contributed by atoms with Gasteiger partial charge in [0.15, 0.2) is 5.79 Å². The van der Waals surface area contributed by atoms with E-state index >= 15 is 0 Å². The molecule has 0 bridgehead atoms. The van der Waals surface area contributed by atoms with E-state index in [-0.39, 0.29) is 0 Å². The molecule has 0 unspecified atom stereocenters. The van der Waals surface area contributed by atoms with Crippen LogP contribution in [0.2, 0.25) is 0 Å². The average molecular weight is 105 g/mol. The minimum atomic E-state index is -1.20. The number of hydrogen-bond donors (Lipinski definition) is 1. The van der Waals surface area contributed by atoms with E-state index in [2.05, 4.69) is 5.32 Å². The monoisotopic (exact) mass is 105 g/mol. The second-order valence-electron chi connectivity index (χ2n) is 2.00. The van der Waals surface area contributed by atoms with Crippen molar-refractivity contribution in [3.63, 3.8) is 0 Å². The molecule has 1 nitrogen and oxygen atoms in total. The van der Waals surface area contributed by atoms with Crippen LogP contribution in [0.5, 0.6) is 0 Å². The van der Waals surface area contributed by atoms with E-state index in [1.54, 1.807) is 0 Å². The van der Waals surface area contributed by atoms with Crippen molar-refractivity contribution in [2.45, 2.75) is 26.6 Å². The molecule has 0 aliphatic rings. The van der Waals surface area contributed by atoms with Gasteiger partial charge in [-0.2, -0.15) is 0 Å². The number of nitrogens with one attached hydrogen (secondary N) is 1. The highest BCUT2D eigenvalue weighted by Crippen LogP contribution is 1.99. The fourth-order valence-corrected chi connectivity index (χ4v) is 0.420. The van der Waals surface area contributed by atoms with Gasteiger partial charge in [-0.15, -0.1) is 0 Å². The Morgan fingerprint density at radius 3 is 2.00 bits per heavy atom. The van der Waals surface area contributed by atoms with Gasteiger partial charge in [-0.3, -0.25) is 5.32 Å². The third kappa shape index (κ3) is 5.89. The fraction of sp³-hybridized carbons (Fsp3) is 1.00. The smallest absolute Gasteiger partial charge is 0.156 e. The summed E-state index contributed by atoms with van der Waals surface area (Å²) in [5, 5.41) is 2.62. The maximum Gasteiger partial charge on any atom is 0.156 e. The van der Waals surface area contributed by atoms with Crippen LogP contribution >= 0.6 is 0 Å². The molecule has 44 valence electrons. The molecule has 0 aliphatic heterocycles. The third-order valence-corrected chi connectivity index (χ3v) is 0.597. The van der Waals surface area contributed by atoms with Crippen molar-refractivity contribution in [2.75, 3.05) is 6.54 Å². The van der Waals surface area contributed by atoms with Crippen molar-refractivity contribution in [3.05, 3.63) is 0 Å². The third-order valence-electron chi connectivity index (χ3n) is 0.597. The Hall–Kier alpha value is -0.110. The lowest BCUT2D eigenvalue weighted by Crippen LogP contribution is -2.33. The van der Waals surface area contributed by atoms with Gasteiger partial charge in [0.2, 0.25) is 0 Å². The predicted molar refractivity (Wildman–Crippen MR) is 28.9 cm³/mol. The maximum atomic E-state index is 12.3. The first-order valence-electron chi connectivity index (χ1n) is 2.50. The van der Waals surface area contributed by atoms with Gasteiger partial charge in [0.05, 0.1) is 0 Å². The molecular formula is C5H12FN. The van der Waals surface area contributed by atoms with E-state index in [4.69, 9.17) is 0 Å². The molecule has 0 saturated carbocycles. The Kier molecular flexibility index (Phi) is 2.23. The number of rotatable bonds is 2. The summed E-state index contributed by atoms with van der Waals surface area (Å²) >= 11 is 0. The largest absolute Gasteiger partial charge is 0.286 e. The van der Waals surface area contributed by atoms with Crippen LogP contribution in [0.4, 0.5) is 4.39 Å². The van der Waals surface area contributed by atoms with Crippen LogP contribution in [-0.4, -0.2) is 12.3 Å². The van der Waals surface area contributed by atoms with Crippen molar-refractivity contribution in [1.82, 2.24) is 5.32 Å². The number of alkyl halides is 1. The van der Waals surface area contributed by atoms with Crippen LogP contribution in [0.1, 0.15) is 20.8 Å². The summed E-state index contributed by atoms with van der Waals surface area (Å²) in [4.78, 5) is 0. The zero-order chi connectivity index (χ0) is 5.91. The second-order valence-corrected chi connectivity index (χ2v) is 2.00. The van der Waals surface area contributed by atoms with Gasteiger partial charge >= 0.3 is 0 Å². The Morgan fingerprint density at radius 2 is 2.00 bits per heavy atom. The molecule has 0 rings (SSSR count).